The Morgan fingerprint density at radius 2 is 1.70 bits per heavy atom. The second-order valence-corrected chi connectivity index (χ2v) is 12.8. The third kappa shape index (κ3) is 9.17. The molecule has 7 nitrogen and oxygen atoms in total. The van der Waals surface area contributed by atoms with Gasteiger partial charge in [0, 0.05) is 24.0 Å². The van der Waals surface area contributed by atoms with E-state index in [0.717, 1.165) is 31.0 Å². The van der Waals surface area contributed by atoms with Crippen molar-refractivity contribution in [2.24, 2.45) is 22.7 Å². The van der Waals surface area contributed by atoms with Crippen molar-refractivity contribution < 1.29 is 50.6 Å². The quantitative estimate of drug-likeness (QED) is 0.231. The summed E-state index contributed by atoms with van der Waals surface area (Å²) in [6.45, 7) is 4.28. The number of ether oxygens (including phenoxy) is 1. The maximum atomic E-state index is 13.8. The number of rotatable bonds is 10. The summed E-state index contributed by atoms with van der Waals surface area (Å²) in [6, 6.07) is 8.79. The van der Waals surface area contributed by atoms with Crippen molar-refractivity contribution >= 4 is 23.4 Å². The molecule has 3 atom stereocenters. The number of carbonyl (C=O) groups is 3. The molecule has 1 aliphatic carbocycles. The number of esters is 1. The Labute approximate surface area is 262 Å². The maximum Gasteiger partial charge on any atom is 0.416 e. The molecular formula is C33H36F6N2O5. The van der Waals surface area contributed by atoms with Gasteiger partial charge in [-0.05, 0) is 62.8 Å². The van der Waals surface area contributed by atoms with Crippen molar-refractivity contribution in [1.29, 1.82) is 0 Å². The molecule has 13 heteroatoms. The number of Topliss-reactive ketones (excluding diaryl/α,β-unsaturated/α-hetero) is 1. The van der Waals surface area contributed by atoms with E-state index in [1.54, 1.807) is 20.8 Å². The molecule has 2 aliphatic rings. The Hall–Kier alpha value is -3.74. The highest BCUT2D eigenvalue weighted by atomic mass is 19.4. The number of hydrogen-bond donors (Lipinski definition) is 2. The predicted octanol–water partition coefficient (Wildman–Crippen LogP) is 6.32. The molecule has 46 heavy (non-hydrogen) atoms. The first-order valence-electron chi connectivity index (χ1n) is 15.0. The minimum absolute atomic E-state index is 0.0233. The fourth-order valence-electron chi connectivity index (χ4n) is 5.53. The van der Waals surface area contributed by atoms with Crippen LogP contribution in [0.5, 0.6) is 0 Å². The van der Waals surface area contributed by atoms with Crippen LogP contribution in [0.2, 0.25) is 0 Å². The summed E-state index contributed by atoms with van der Waals surface area (Å²) in [5.41, 5.74) is -1.23. The molecule has 0 bridgehead atoms. The van der Waals surface area contributed by atoms with Gasteiger partial charge in [-0.1, -0.05) is 43.2 Å². The SMILES string of the molecule is CC(C)(C)OC(=O)[C@@H](CC1CC1)[C@@H](CCC(F)(F)F)C(=O)N[C@H]1N=C(c2cccc(C(F)(F)F)c2)c2cccc(CO)c2CC1=O. The van der Waals surface area contributed by atoms with E-state index in [-0.39, 0.29) is 41.2 Å². The molecule has 0 radical (unpaired) electrons. The lowest BCUT2D eigenvalue weighted by molar-refractivity contribution is -0.167. The van der Waals surface area contributed by atoms with Crippen molar-refractivity contribution in [1.82, 2.24) is 5.32 Å². The average Bonchev–Trinajstić information content (AvgIpc) is 3.78. The van der Waals surface area contributed by atoms with Crippen LogP contribution in [0.1, 0.15) is 80.7 Å². The van der Waals surface area contributed by atoms with E-state index < -0.39 is 78.6 Å². The number of fused-ring (bicyclic) bond motifs is 1. The minimum atomic E-state index is -4.70. The summed E-state index contributed by atoms with van der Waals surface area (Å²) in [5.74, 6) is -5.31. The van der Waals surface area contributed by atoms with E-state index in [1.807, 2.05) is 0 Å². The Balaban J connectivity index is 1.76. The summed E-state index contributed by atoms with van der Waals surface area (Å²) in [4.78, 5) is 45.0. The van der Waals surface area contributed by atoms with Gasteiger partial charge in [0.1, 0.15) is 5.60 Å². The van der Waals surface area contributed by atoms with Crippen molar-refractivity contribution in [3.05, 3.63) is 70.3 Å². The number of aliphatic hydroxyl groups is 1. The number of ketones is 1. The lowest BCUT2D eigenvalue weighted by atomic mass is 9.83. The van der Waals surface area contributed by atoms with Gasteiger partial charge in [-0.25, -0.2) is 0 Å². The van der Waals surface area contributed by atoms with E-state index in [1.165, 1.54) is 24.3 Å². The number of amides is 1. The van der Waals surface area contributed by atoms with Crippen molar-refractivity contribution in [2.45, 2.75) is 90.0 Å². The van der Waals surface area contributed by atoms with Gasteiger partial charge < -0.3 is 15.2 Å². The number of halogens is 6. The summed E-state index contributed by atoms with van der Waals surface area (Å²) >= 11 is 0. The maximum absolute atomic E-state index is 13.8. The molecule has 1 aliphatic heterocycles. The van der Waals surface area contributed by atoms with E-state index in [9.17, 15) is 45.8 Å². The van der Waals surface area contributed by atoms with Crippen LogP contribution in [0.25, 0.3) is 0 Å². The Bertz CT molecular complexity index is 1490. The highest BCUT2D eigenvalue weighted by Crippen LogP contribution is 2.40. The van der Waals surface area contributed by atoms with Gasteiger partial charge in [-0.2, -0.15) is 26.3 Å². The largest absolute Gasteiger partial charge is 0.460 e. The van der Waals surface area contributed by atoms with Gasteiger partial charge in [0.15, 0.2) is 11.9 Å². The molecule has 250 valence electrons. The van der Waals surface area contributed by atoms with Crippen LogP contribution in [0.15, 0.2) is 47.5 Å². The number of hydrogen-bond acceptors (Lipinski definition) is 6. The van der Waals surface area contributed by atoms with Crippen molar-refractivity contribution in [2.75, 3.05) is 0 Å². The molecule has 1 saturated carbocycles. The van der Waals surface area contributed by atoms with Crippen LogP contribution in [-0.2, 0) is 38.3 Å². The minimum Gasteiger partial charge on any atom is -0.460 e. The predicted molar refractivity (Wildman–Crippen MR) is 156 cm³/mol. The first kappa shape index (κ1) is 35.1. The number of carbonyl (C=O) groups excluding carboxylic acids is 3. The van der Waals surface area contributed by atoms with E-state index in [2.05, 4.69) is 10.3 Å². The number of aliphatic imine (C=N–C) groups is 1. The fraction of sp³-hybridized carbons (Fsp3) is 0.515. The van der Waals surface area contributed by atoms with Crippen molar-refractivity contribution in [3.8, 4) is 0 Å². The number of benzene rings is 2. The van der Waals surface area contributed by atoms with Gasteiger partial charge in [0.05, 0.1) is 29.7 Å². The normalized spacial score (nSPS) is 18.6. The standard InChI is InChI=1S/C33H36F6N2O5/c1-31(2,3)46-30(45)25(14-18-10-11-18)23(12-13-32(34,35)36)29(44)41-28-26(43)16-24-20(17-42)7-5-9-22(24)27(40-28)19-6-4-8-21(15-19)33(37,38)39/h4-9,15,18,23,25,28,42H,10-14,16-17H2,1-3H3,(H,41,44)/t23-,25+,28-/m1/s1. The molecule has 1 fully saturated rings. The second kappa shape index (κ2) is 13.5. The van der Waals surface area contributed by atoms with Crippen LogP contribution < -0.4 is 5.32 Å². The smallest absolute Gasteiger partial charge is 0.416 e. The van der Waals surface area contributed by atoms with E-state index >= 15 is 0 Å². The third-order valence-corrected chi connectivity index (χ3v) is 7.91. The van der Waals surface area contributed by atoms with Crippen LogP contribution >= 0.6 is 0 Å². The van der Waals surface area contributed by atoms with Gasteiger partial charge in [0.2, 0.25) is 5.91 Å². The van der Waals surface area contributed by atoms with E-state index in [4.69, 9.17) is 4.74 Å². The molecule has 4 rings (SSSR count). The molecule has 1 amide bonds. The van der Waals surface area contributed by atoms with Crippen LogP contribution in [0.3, 0.4) is 0 Å². The number of nitrogens with one attached hydrogen (secondary N) is 1. The second-order valence-electron chi connectivity index (χ2n) is 12.8. The monoisotopic (exact) mass is 654 g/mol. The zero-order valence-corrected chi connectivity index (χ0v) is 25.6. The summed E-state index contributed by atoms with van der Waals surface area (Å²) in [6.07, 6.45) is -12.0. The Morgan fingerprint density at radius 3 is 2.28 bits per heavy atom. The fourth-order valence-corrected chi connectivity index (χ4v) is 5.53. The Morgan fingerprint density at radius 1 is 1.02 bits per heavy atom. The first-order valence-corrected chi connectivity index (χ1v) is 15.0. The molecule has 2 aromatic rings. The summed E-state index contributed by atoms with van der Waals surface area (Å²) in [7, 11) is 0. The average molecular weight is 655 g/mol. The molecular weight excluding hydrogens is 618 g/mol. The first-order chi connectivity index (χ1) is 21.4. The molecule has 1 heterocycles. The lowest BCUT2D eigenvalue weighted by Gasteiger charge is -2.29. The summed E-state index contributed by atoms with van der Waals surface area (Å²) < 4.78 is 86.6. The van der Waals surface area contributed by atoms with Crippen LogP contribution in [0.4, 0.5) is 26.3 Å². The number of nitrogens with zero attached hydrogens (tertiary/aromatic N) is 1. The molecule has 2 N–H and O–H groups in total. The third-order valence-electron chi connectivity index (χ3n) is 7.91. The molecule has 0 spiro atoms. The highest BCUT2D eigenvalue weighted by molar-refractivity contribution is 6.16. The van der Waals surface area contributed by atoms with Crippen LogP contribution in [0, 0.1) is 17.8 Å². The zero-order chi connectivity index (χ0) is 34.0. The van der Waals surface area contributed by atoms with E-state index in [0.29, 0.717) is 5.56 Å². The van der Waals surface area contributed by atoms with Crippen LogP contribution in [-0.4, -0.2) is 46.4 Å². The number of alkyl halides is 6. The van der Waals surface area contributed by atoms with Gasteiger partial charge >= 0.3 is 18.3 Å². The molecule has 0 saturated heterocycles. The van der Waals surface area contributed by atoms with Gasteiger partial charge in [-0.3, -0.25) is 19.4 Å². The topological polar surface area (TPSA) is 105 Å². The van der Waals surface area contributed by atoms with Gasteiger partial charge in [-0.15, -0.1) is 0 Å². The molecule has 0 unspecified atom stereocenters. The van der Waals surface area contributed by atoms with Crippen molar-refractivity contribution in [3.63, 3.8) is 0 Å². The Kier molecular flexibility index (Phi) is 10.3. The number of aliphatic hydroxyl groups excluding tert-OH is 1. The zero-order valence-electron chi connectivity index (χ0n) is 25.6. The highest BCUT2D eigenvalue weighted by Gasteiger charge is 2.43. The summed E-state index contributed by atoms with van der Waals surface area (Å²) in [5, 5.41) is 12.4. The molecule has 0 aromatic heterocycles. The van der Waals surface area contributed by atoms with Gasteiger partial charge in [0.25, 0.3) is 0 Å². The lowest BCUT2D eigenvalue weighted by Crippen LogP contribution is -2.47. The molecule has 2 aromatic carbocycles.